The third-order valence-electron chi connectivity index (χ3n) is 2.87. The lowest BCUT2D eigenvalue weighted by atomic mass is 9.98. The summed E-state index contributed by atoms with van der Waals surface area (Å²) in [5, 5.41) is 3.76. The molecule has 0 amide bonds. The van der Waals surface area contributed by atoms with Gasteiger partial charge in [-0.25, -0.2) is 9.97 Å². The fourth-order valence-electron chi connectivity index (χ4n) is 1.04. The van der Waals surface area contributed by atoms with Crippen molar-refractivity contribution < 1.29 is 0 Å². The van der Waals surface area contributed by atoms with Gasteiger partial charge in [-0.05, 0) is 20.4 Å². The van der Waals surface area contributed by atoms with Crippen LogP contribution in [0, 0.1) is 0 Å². The number of halogens is 1. The Bertz CT molecular complexity index is 293. The monoisotopic (exact) mass is 287 g/mol. The topological polar surface area (TPSA) is 37.8 Å². The molecule has 1 unspecified atom stereocenters. The third-order valence-corrected chi connectivity index (χ3v) is 3.07. The van der Waals surface area contributed by atoms with Crippen LogP contribution < -0.4 is 5.32 Å². The fourth-order valence-corrected chi connectivity index (χ4v) is 1.14. The average molecular weight is 288 g/mol. The molecule has 0 spiro atoms. The van der Waals surface area contributed by atoms with Crippen molar-refractivity contribution in [2.24, 2.45) is 0 Å². The summed E-state index contributed by atoms with van der Waals surface area (Å²) in [4.78, 5) is 8.37. The summed E-state index contributed by atoms with van der Waals surface area (Å²) >= 11 is 5.70. The number of hydrogen-bond acceptors (Lipinski definition) is 3. The molecule has 19 heavy (non-hydrogen) atoms. The van der Waals surface area contributed by atoms with Gasteiger partial charge in [0.05, 0.1) is 10.6 Å². The second-order valence-corrected chi connectivity index (χ2v) is 4.60. The summed E-state index contributed by atoms with van der Waals surface area (Å²) in [6.45, 7) is 12.5. The van der Waals surface area contributed by atoms with E-state index in [9.17, 15) is 0 Å². The highest BCUT2D eigenvalue weighted by Gasteiger charge is 2.24. The number of rotatable bonds is 4. The van der Waals surface area contributed by atoms with Gasteiger partial charge in [-0.3, -0.25) is 0 Å². The summed E-state index contributed by atoms with van der Waals surface area (Å²) in [5.41, 5.74) is -0.162. The van der Waals surface area contributed by atoms with Crippen LogP contribution in [0.3, 0.4) is 0 Å². The van der Waals surface area contributed by atoms with Crippen molar-refractivity contribution >= 4 is 11.6 Å². The van der Waals surface area contributed by atoms with Gasteiger partial charge >= 0.3 is 0 Å². The highest BCUT2D eigenvalue weighted by Crippen LogP contribution is 2.20. The molecule has 4 heteroatoms. The maximum atomic E-state index is 5.70. The van der Waals surface area contributed by atoms with Crippen molar-refractivity contribution in [2.45, 2.75) is 66.3 Å². The average Bonchev–Trinajstić information content (AvgIpc) is 2.49. The van der Waals surface area contributed by atoms with E-state index in [1.165, 1.54) is 12.8 Å². The van der Waals surface area contributed by atoms with E-state index < -0.39 is 0 Å². The molecule has 1 N–H and O–H groups in total. The van der Waals surface area contributed by atoms with Crippen LogP contribution in [-0.2, 0) is 5.54 Å². The molecule has 112 valence electrons. The molecule has 0 radical (unpaired) electrons. The van der Waals surface area contributed by atoms with E-state index in [1.54, 1.807) is 12.4 Å². The first-order valence-corrected chi connectivity index (χ1v) is 7.58. The largest absolute Gasteiger partial charge is 0.308 e. The molecule has 0 bridgehead atoms. The zero-order valence-electron chi connectivity index (χ0n) is 13.5. The Labute approximate surface area is 124 Å². The van der Waals surface area contributed by atoms with E-state index in [-0.39, 0.29) is 5.54 Å². The first-order chi connectivity index (χ1) is 9.03. The molecule has 1 aromatic rings. The Hall–Kier alpha value is -0.670. The van der Waals surface area contributed by atoms with Crippen molar-refractivity contribution in [1.82, 2.24) is 15.3 Å². The molecule has 1 atom stereocenters. The van der Waals surface area contributed by atoms with Crippen LogP contribution in [0.15, 0.2) is 12.4 Å². The highest BCUT2D eigenvalue weighted by atomic mass is 35.5. The molecule has 0 saturated heterocycles. The summed E-state index contributed by atoms with van der Waals surface area (Å²) in [7, 11) is 1.90. The van der Waals surface area contributed by atoms with Crippen LogP contribution in [0.4, 0.5) is 0 Å². The Morgan fingerprint density at radius 3 is 1.79 bits per heavy atom. The van der Waals surface area contributed by atoms with Gasteiger partial charge in [0.15, 0.2) is 0 Å². The second-order valence-electron chi connectivity index (χ2n) is 4.16. The predicted molar refractivity (Wildman–Crippen MR) is 85.7 cm³/mol. The second kappa shape index (κ2) is 12.4. The van der Waals surface area contributed by atoms with E-state index in [2.05, 4.69) is 43.0 Å². The molecular formula is C15H30ClN3. The lowest BCUT2D eigenvalue weighted by Gasteiger charge is -2.25. The SMILES string of the molecule is CC.CCC(C)(NC)c1ncc(Cl)cn1.CCCC. The smallest absolute Gasteiger partial charge is 0.148 e. The van der Waals surface area contributed by atoms with Crippen LogP contribution in [0.1, 0.15) is 66.6 Å². The van der Waals surface area contributed by atoms with Gasteiger partial charge in [0.25, 0.3) is 0 Å². The minimum atomic E-state index is -0.162. The molecule has 0 aliphatic rings. The van der Waals surface area contributed by atoms with Crippen molar-refractivity contribution in [3.05, 3.63) is 23.2 Å². The van der Waals surface area contributed by atoms with Gasteiger partial charge in [-0.15, -0.1) is 0 Å². The van der Waals surface area contributed by atoms with Gasteiger partial charge in [-0.1, -0.05) is 59.1 Å². The van der Waals surface area contributed by atoms with Crippen molar-refractivity contribution in [2.75, 3.05) is 7.05 Å². The number of aromatic nitrogens is 2. The van der Waals surface area contributed by atoms with Crippen LogP contribution in [-0.4, -0.2) is 17.0 Å². The third kappa shape index (κ3) is 8.17. The maximum absolute atomic E-state index is 5.70. The van der Waals surface area contributed by atoms with E-state index in [4.69, 9.17) is 11.6 Å². The summed E-state index contributed by atoms with van der Waals surface area (Å²) in [6.07, 6.45) is 6.81. The Balaban J connectivity index is 0. The first-order valence-electron chi connectivity index (χ1n) is 7.20. The number of nitrogens with zero attached hydrogens (tertiary/aromatic N) is 2. The lowest BCUT2D eigenvalue weighted by Crippen LogP contribution is -2.37. The minimum Gasteiger partial charge on any atom is -0.308 e. The zero-order chi connectivity index (χ0) is 15.3. The zero-order valence-corrected chi connectivity index (χ0v) is 14.3. The highest BCUT2D eigenvalue weighted by molar-refractivity contribution is 6.30. The lowest BCUT2D eigenvalue weighted by molar-refractivity contribution is 0.362. The van der Waals surface area contributed by atoms with Crippen LogP contribution >= 0.6 is 11.6 Å². The van der Waals surface area contributed by atoms with Crippen LogP contribution in [0.5, 0.6) is 0 Å². The molecular weight excluding hydrogens is 258 g/mol. The van der Waals surface area contributed by atoms with Crippen molar-refractivity contribution in [3.8, 4) is 0 Å². The van der Waals surface area contributed by atoms with E-state index in [0.29, 0.717) is 5.02 Å². The minimum absolute atomic E-state index is 0.162. The fraction of sp³-hybridized carbons (Fsp3) is 0.733. The summed E-state index contributed by atoms with van der Waals surface area (Å²) in [5.74, 6) is 0.780. The van der Waals surface area contributed by atoms with Gasteiger partial charge in [0, 0.05) is 12.4 Å². The van der Waals surface area contributed by atoms with Gasteiger partial charge in [0.2, 0.25) is 0 Å². The van der Waals surface area contributed by atoms with Crippen molar-refractivity contribution in [1.29, 1.82) is 0 Å². The molecule has 1 heterocycles. The molecule has 1 rings (SSSR count). The normalized spacial score (nSPS) is 12.4. The van der Waals surface area contributed by atoms with Crippen molar-refractivity contribution in [3.63, 3.8) is 0 Å². The number of hydrogen-bond donors (Lipinski definition) is 1. The standard InChI is InChI=1S/C9H14ClN3.C4H10.C2H6/c1-4-9(2,11-3)8-12-5-7(10)6-13-8;1-3-4-2;1-2/h5-6,11H,4H2,1-3H3;3-4H2,1-2H3;1-2H3. The Morgan fingerprint density at radius 1 is 1.11 bits per heavy atom. The number of nitrogens with one attached hydrogen (secondary N) is 1. The van der Waals surface area contributed by atoms with Crippen LogP contribution in [0.25, 0.3) is 0 Å². The molecule has 0 fully saturated rings. The Kier molecular flexibility index (Phi) is 13.4. The number of unbranched alkanes of at least 4 members (excludes halogenated alkanes) is 1. The first kappa shape index (κ1) is 20.6. The van der Waals surface area contributed by atoms with E-state index in [0.717, 1.165) is 12.2 Å². The van der Waals surface area contributed by atoms with Gasteiger partial charge < -0.3 is 5.32 Å². The quantitative estimate of drug-likeness (QED) is 0.864. The van der Waals surface area contributed by atoms with Gasteiger partial charge in [-0.2, -0.15) is 0 Å². The Morgan fingerprint density at radius 2 is 1.53 bits per heavy atom. The molecule has 0 aliphatic carbocycles. The molecule has 1 aromatic heterocycles. The van der Waals surface area contributed by atoms with Gasteiger partial charge in [0.1, 0.15) is 5.82 Å². The van der Waals surface area contributed by atoms with E-state index >= 15 is 0 Å². The molecule has 0 saturated carbocycles. The molecule has 3 nitrogen and oxygen atoms in total. The van der Waals surface area contributed by atoms with E-state index in [1.807, 2.05) is 20.9 Å². The molecule has 0 aliphatic heterocycles. The summed E-state index contributed by atoms with van der Waals surface area (Å²) in [6, 6.07) is 0. The maximum Gasteiger partial charge on any atom is 0.148 e. The molecule has 0 aromatic carbocycles. The summed E-state index contributed by atoms with van der Waals surface area (Å²) < 4.78 is 0. The predicted octanol–water partition coefficient (Wildman–Crippen LogP) is 4.81. The van der Waals surface area contributed by atoms with Crippen LogP contribution in [0.2, 0.25) is 5.02 Å².